The zero-order valence-corrected chi connectivity index (χ0v) is 23.4. The minimum atomic E-state index is -1.47. The molecule has 1 spiro atoms. The van der Waals surface area contributed by atoms with Crippen molar-refractivity contribution in [3.63, 3.8) is 0 Å². The van der Waals surface area contributed by atoms with E-state index in [4.69, 9.17) is 4.74 Å². The molecular formula is C30H29N5O7. The van der Waals surface area contributed by atoms with Crippen LogP contribution >= 0.6 is 0 Å². The second kappa shape index (κ2) is 9.82. The highest BCUT2D eigenvalue weighted by atomic mass is 16.5. The lowest BCUT2D eigenvalue weighted by molar-refractivity contribution is -0.159. The molecule has 4 aliphatic rings. The molecule has 1 N–H and O–H groups in total. The summed E-state index contributed by atoms with van der Waals surface area (Å²) in [5, 5.41) is 2.22. The number of benzene rings is 2. The van der Waals surface area contributed by atoms with E-state index in [1.807, 2.05) is 17.9 Å². The number of nitrogens with one attached hydrogen (secondary N) is 1. The topological polar surface area (TPSA) is 137 Å². The van der Waals surface area contributed by atoms with Crippen LogP contribution in [-0.2, 0) is 25.6 Å². The third-order valence-corrected chi connectivity index (χ3v) is 8.47. The van der Waals surface area contributed by atoms with Gasteiger partial charge in [0.05, 0.1) is 18.3 Å². The van der Waals surface area contributed by atoms with Crippen LogP contribution in [0.4, 0.5) is 21.0 Å². The molecule has 0 aromatic heterocycles. The molecule has 12 nitrogen and oxygen atoms in total. The molecule has 4 aliphatic heterocycles. The number of carbonyl (C=O) groups is 6. The van der Waals surface area contributed by atoms with Crippen LogP contribution in [-0.4, -0.2) is 78.8 Å². The average molecular weight is 572 g/mol. The van der Waals surface area contributed by atoms with Crippen LogP contribution in [0.5, 0.6) is 5.75 Å². The molecule has 8 amide bonds. The SMILES string of the molecule is CCOc1ccc(N2C(=O)NC(=O)/C(=C\c3ccc4c(c3)CC3(C(=O)N(C)C(=O)N(C)C3=O)C3CCCN43)C2=O)cc1. The maximum atomic E-state index is 13.6. The van der Waals surface area contributed by atoms with E-state index in [2.05, 4.69) is 5.32 Å². The van der Waals surface area contributed by atoms with Crippen molar-refractivity contribution >= 4 is 53.1 Å². The van der Waals surface area contributed by atoms with E-state index in [1.54, 1.807) is 36.4 Å². The van der Waals surface area contributed by atoms with Crippen LogP contribution in [0.2, 0.25) is 0 Å². The summed E-state index contributed by atoms with van der Waals surface area (Å²) in [4.78, 5) is 83.6. The molecule has 0 bridgehead atoms. The van der Waals surface area contributed by atoms with Crippen molar-refractivity contribution < 1.29 is 33.5 Å². The molecule has 0 aliphatic carbocycles. The van der Waals surface area contributed by atoms with Gasteiger partial charge in [-0.3, -0.25) is 34.3 Å². The monoisotopic (exact) mass is 571 g/mol. The van der Waals surface area contributed by atoms with Crippen LogP contribution in [0.1, 0.15) is 30.9 Å². The second-order valence-electron chi connectivity index (χ2n) is 10.8. The molecule has 3 fully saturated rings. The molecular weight excluding hydrogens is 542 g/mol. The van der Waals surface area contributed by atoms with Gasteiger partial charge in [-0.15, -0.1) is 0 Å². The number of fused-ring (bicyclic) bond motifs is 4. The minimum absolute atomic E-state index is 0.0665. The Hall–Kier alpha value is -5.00. The van der Waals surface area contributed by atoms with Gasteiger partial charge in [-0.25, -0.2) is 14.5 Å². The third-order valence-electron chi connectivity index (χ3n) is 8.47. The first-order valence-electron chi connectivity index (χ1n) is 13.7. The van der Waals surface area contributed by atoms with E-state index in [-0.39, 0.29) is 17.7 Å². The first-order valence-corrected chi connectivity index (χ1v) is 13.7. The minimum Gasteiger partial charge on any atom is -0.494 e. The summed E-state index contributed by atoms with van der Waals surface area (Å²) in [7, 11) is 2.77. The maximum Gasteiger partial charge on any atom is 0.335 e. The molecule has 42 heavy (non-hydrogen) atoms. The summed E-state index contributed by atoms with van der Waals surface area (Å²) in [5.74, 6) is -2.12. The molecule has 6 rings (SSSR count). The summed E-state index contributed by atoms with van der Waals surface area (Å²) in [6.07, 6.45) is 2.87. The summed E-state index contributed by atoms with van der Waals surface area (Å²) in [5.41, 5.74) is 0.574. The number of anilines is 2. The fourth-order valence-corrected chi connectivity index (χ4v) is 6.54. The van der Waals surface area contributed by atoms with Gasteiger partial charge in [0, 0.05) is 26.3 Å². The molecule has 0 saturated carbocycles. The van der Waals surface area contributed by atoms with Gasteiger partial charge >= 0.3 is 12.1 Å². The van der Waals surface area contributed by atoms with E-state index < -0.39 is 47.1 Å². The van der Waals surface area contributed by atoms with Crippen molar-refractivity contribution in [1.29, 1.82) is 0 Å². The molecule has 2 aromatic carbocycles. The summed E-state index contributed by atoms with van der Waals surface area (Å²) in [6, 6.07) is 9.78. The number of rotatable bonds is 4. The van der Waals surface area contributed by atoms with Gasteiger partial charge in [-0.2, -0.15) is 0 Å². The van der Waals surface area contributed by atoms with Gasteiger partial charge in [-0.1, -0.05) is 6.07 Å². The molecule has 1 atom stereocenters. The normalized spacial score (nSPS) is 22.6. The fourth-order valence-electron chi connectivity index (χ4n) is 6.54. The van der Waals surface area contributed by atoms with Gasteiger partial charge in [0.15, 0.2) is 5.41 Å². The number of carbonyl (C=O) groups excluding carboxylic acids is 6. The molecule has 216 valence electrons. The second-order valence-corrected chi connectivity index (χ2v) is 10.8. The average Bonchev–Trinajstić information content (AvgIpc) is 3.48. The van der Waals surface area contributed by atoms with Crippen molar-refractivity contribution in [1.82, 2.24) is 15.1 Å². The summed E-state index contributed by atoms with van der Waals surface area (Å²) >= 11 is 0. The van der Waals surface area contributed by atoms with Crippen LogP contribution in [0.3, 0.4) is 0 Å². The standard InChI is InChI=1S/C30H29N5O7/c1-4-42-20-10-8-19(9-11-20)35-25(37)21(24(36)31-28(35)40)15-17-7-12-22-18(14-17)16-30(23-6-5-13-34(22)23)26(38)32(2)29(41)33(3)27(30)39/h7-12,14-15,23H,4-6,13,16H2,1-3H3,(H,31,36,40)/b21-15+. The van der Waals surface area contributed by atoms with Gasteiger partial charge in [-0.05, 0) is 79.8 Å². The van der Waals surface area contributed by atoms with Crippen molar-refractivity contribution in [2.75, 3.05) is 37.0 Å². The number of urea groups is 2. The number of nitrogens with zero attached hydrogens (tertiary/aromatic N) is 4. The number of hydrogen-bond acceptors (Lipinski definition) is 8. The lowest BCUT2D eigenvalue weighted by Crippen LogP contribution is -2.70. The lowest BCUT2D eigenvalue weighted by atomic mass is 9.68. The number of amides is 8. The Balaban J connectivity index is 1.37. The highest BCUT2D eigenvalue weighted by Crippen LogP contribution is 2.49. The van der Waals surface area contributed by atoms with E-state index in [0.29, 0.717) is 36.4 Å². The third kappa shape index (κ3) is 3.89. The maximum absolute atomic E-state index is 13.6. The van der Waals surface area contributed by atoms with Crippen molar-refractivity contribution in [2.45, 2.75) is 32.2 Å². The van der Waals surface area contributed by atoms with E-state index in [1.165, 1.54) is 20.2 Å². The van der Waals surface area contributed by atoms with Gasteiger partial charge in [0.1, 0.15) is 11.3 Å². The number of imide groups is 4. The Bertz CT molecular complexity index is 1570. The van der Waals surface area contributed by atoms with Gasteiger partial charge in [0.25, 0.3) is 11.8 Å². The quantitative estimate of drug-likeness (QED) is 0.336. The smallest absolute Gasteiger partial charge is 0.335 e. The Morgan fingerprint density at radius 1 is 0.976 bits per heavy atom. The summed E-state index contributed by atoms with van der Waals surface area (Å²) < 4.78 is 5.43. The van der Waals surface area contributed by atoms with Crippen LogP contribution in [0.25, 0.3) is 6.08 Å². The van der Waals surface area contributed by atoms with Gasteiger partial charge in [0.2, 0.25) is 11.8 Å². The Morgan fingerprint density at radius 2 is 1.67 bits per heavy atom. The van der Waals surface area contributed by atoms with Crippen LogP contribution in [0, 0.1) is 5.41 Å². The Kier molecular flexibility index (Phi) is 6.36. The largest absolute Gasteiger partial charge is 0.494 e. The van der Waals surface area contributed by atoms with E-state index >= 15 is 0 Å². The first-order chi connectivity index (χ1) is 20.1. The van der Waals surface area contributed by atoms with Crippen molar-refractivity contribution in [2.24, 2.45) is 5.41 Å². The molecule has 12 heteroatoms. The van der Waals surface area contributed by atoms with Crippen molar-refractivity contribution in [3.8, 4) is 5.75 Å². The highest BCUT2D eigenvalue weighted by molar-refractivity contribution is 6.39. The zero-order valence-electron chi connectivity index (χ0n) is 23.4. The van der Waals surface area contributed by atoms with Crippen LogP contribution in [0.15, 0.2) is 48.0 Å². The molecule has 2 aromatic rings. The fraction of sp³-hybridized carbons (Fsp3) is 0.333. The van der Waals surface area contributed by atoms with Crippen LogP contribution < -0.4 is 19.9 Å². The molecule has 3 saturated heterocycles. The summed E-state index contributed by atoms with van der Waals surface area (Å²) in [6.45, 7) is 2.94. The lowest BCUT2D eigenvalue weighted by Gasteiger charge is -2.50. The number of hydrogen-bond donors (Lipinski definition) is 1. The number of ether oxygens (including phenoxy) is 1. The highest BCUT2D eigenvalue weighted by Gasteiger charge is 2.63. The first kappa shape index (κ1) is 27.2. The zero-order chi connectivity index (χ0) is 29.9. The van der Waals surface area contributed by atoms with E-state index in [9.17, 15) is 28.8 Å². The molecule has 4 heterocycles. The Labute approximate surface area is 241 Å². The molecule has 1 unspecified atom stereocenters. The van der Waals surface area contributed by atoms with E-state index in [0.717, 1.165) is 26.8 Å². The molecule has 0 radical (unpaired) electrons. The predicted octanol–water partition coefficient (Wildman–Crippen LogP) is 2.31. The number of barbiturate groups is 2. The van der Waals surface area contributed by atoms with Gasteiger partial charge < -0.3 is 9.64 Å². The predicted molar refractivity (Wildman–Crippen MR) is 150 cm³/mol. The Morgan fingerprint density at radius 3 is 2.33 bits per heavy atom. The van der Waals surface area contributed by atoms with Crippen molar-refractivity contribution in [3.05, 3.63) is 59.2 Å².